The Bertz CT molecular complexity index is 799. The van der Waals surface area contributed by atoms with Crippen LogP contribution in [0.15, 0.2) is 42.6 Å². The van der Waals surface area contributed by atoms with Gasteiger partial charge in [-0.05, 0) is 73.6 Å². The Labute approximate surface area is 179 Å². The molecule has 0 bridgehead atoms. The lowest BCUT2D eigenvalue weighted by Crippen LogP contribution is -2.34. The normalized spacial score (nSPS) is 19.3. The number of thiocarbonyl (C=S) groups is 1. The predicted molar refractivity (Wildman–Crippen MR) is 126 cm³/mol. The molecule has 0 unspecified atom stereocenters. The summed E-state index contributed by atoms with van der Waals surface area (Å²) in [6, 6.07) is 12.9. The number of benzene rings is 1. The van der Waals surface area contributed by atoms with Crippen molar-refractivity contribution in [3.05, 3.63) is 48.2 Å². The zero-order valence-corrected chi connectivity index (χ0v) is 18.0. The minimum Gasteiger partial charge on any atom is -0.372 e. The highest BCUT2D eigenvalue weighted by molar-refractivity contribution is 7.80. The number of nitrogens with zero attached hydrogens (tertiary/aromatic N) is 3. The number of anilines is 3. The molecule has 1 aromatic carbocycles. The number of aromatic nitrogens is 1. The van der Waals surface area contributed by atoms with Crippen LogP contribution in [0.1, 0.15) is 38.2 Å². The first kappa shape index (κ1) is 20.0. The van der Waals surface area contributed by atoms with Crippen molar-refractivity contribution in [3.63, 3.8) is 0 Å². The lowest BCUT2D eigenvalue weighted by atomic mass is 10.0. The molecule has 0 aliphatic carbocycles. The van der Waals surface area contributed by atoms with Gasteiger partial charge in [-0.15, -0.1) is 0 Å². The largest absolute Gasteiger partial charge is 0.372 e. The smallest absolute Gasteiger partial charge is 0.171 e. The molecule has 0 amide bonds. The van der Waals surface area contributed by atoms with Gasteiger partial charge in [-0.3, -0.25) is 0 Å². The van der Waals surface area contributed by atoms with E-state index in [4.69, 9.17) is 12.2 Å². The van der Waals surface area contributed by atoms with Gasteiger partial charge in [-0.25, -0.2) is 4.98 Å². The van der Waals surface area contributed by atoms with Crippen molar-refractivity contribution in [2.24, 2.45) is 5.92 Å². The van der Waals surface area contributed by atoms with E-state index in [0.29, 0.717) is 11.7 Å². The Kier molecular flexibility index (Phi) is 6.49. The third-order valence-corrected chi connectivity index (χ3v) is 6.09. The van der Waals surface area contributed by atoms with Gasteiger partial charge in [0.15, 0.2) is 5.11 Å². The molecule has 1 aromatic heterocycles. The zero-order valence-electron chi connectivity index (χ0n) is 17.2. The van der Waals surface area contributed by atoms with Gasteiger partial charge in [0.25, 0.3) is 0 Å². The van der Waals surface area contributed by atoms with Gasteiger partial charge in [-0.1, -0.05) is 19.1 Å². The van der Waals surface area contributed by atoms with Gasteiger partial charge in [0.05, 0.1) is 11.9 Å². The van der Waals surface area contributed by atoms with Crippen LogP contribution in [0.2, 0.25) is 0 Å². The van der Waals surface area contributed by atoms with E-state index in [2.05, 4.69) is 68.7 Å². The number of nitrogens with one attached hydrogen (secondary N) is 2. The quantitative estimate of drug-likeness (QED) is 0.714. The van der Waals surface area contributed by atoms with Crippen molar-refractivity contribution in [1.82, 2.24) is 10.3 Å². The van der Waals surface area contributed by atoms with E-state index in [-0.39, 0.29) is 0 Å². The summed E-state index contributed by atoms with van der Waals surface area (Å²) in [5.41, 5.74) is 3.46. The third kappa shape index (κ3) is 5.38. The van der Waals surface area contributed by atoms with Crippen LogP contribution in [0, 0.1) is 5.92 Å². The standard InChI is InChI=1S/C23H31N5S/c1-18-5-4-14-28(17-18)22-11-8-20(16-24-22)26-23(29)25-15-19-6-9-21(10-7-19)27-12-2-3-13-27/h6-11,16,18H,2-5,12-15,17H2,1H3,(H2,25,26,29)/t18-/m0/s1. The average molecular weight is 410 g/mol. The molecule has 0 radical (unpaired) electrons. The first-order valence-corrected chi connectivity index (χ1v) is 11.2. The van der Waals surface area contributed by atoms with Crippen LogP contribution in [0.25, 0.3) is 0 Å². The first-order valence-electron chi connectivity index (χ1n) is 10.8. The van der Waals surface area contributed by atoms with Crippen molar-refractivity contribution in [2.45, 2.75) is 39.2 Å². The van der Waals surface area contributed by atoms with Crippen LogP contribution in [0.5, 0.6) is 0 Å². The monoisotopic (exact) mass is 409 g/mol. The van der Waals surface area contributed by atoms with Crippen molar-refractivity contribution >= 4 is 34.5 Å². The van der Waals surface area contributed by atoms with Crippen LogP contribution in [-0.2, 0) is 6.54 Å². The molecular formula is C23H31N5S. The maximum Gasteiger partial charge on any atom is 0.171 e. The molecule has 29 heavy (non-hydrogen) atoms. The molecule has 2 N–H and O–H groups in total. The van der Waals surface area contributed by atoms with Gasteiger partial charge >= 0.3 is 0 Å². The Morgan fingerprint density at radius 2 is 1.79 bits per heavy atom. The zero-order chi connectivity index (χ0) is 20.1. The summed E-state index contributed by atoms with van der Waals surface area (Å²) in [6.07, 6.45) is 7.03. The van der Waals surface area contributed by atoms with Crippen LogP contribution < -0.4 is 20.4 Å². The van der Waals surface area contributed by atoms with Gasteiger partial charge in [0.1, 0.15) is 5.82 Å². The minimum absolute atomic E-state index is 0.620. The van der Waals surface area contributed by atoms with Gasteiger partial charge in [0, 0.05) is 38.4 Å². The number of hydrogen-bond acceptors (Lipinski definition) is 4. The molecule has 4 rings (SSSR count). The Hall–Kier alpha value is -2.34. The SMILES string of the molecule is C[C@H]1CCCN(c2ccc(NC(=S)NCc3ccc(N4CCCC4)cc3)cn2)C1. The highest BCUT2D eigenvalue weighted by Gasteiger charge is 2.17. The molecule has 154 valence electrons. The predicted octanol–water partition coefficient (Wildman–Crippen LogP) is 4.40. The molecule has 2 fully saturated rings. The maximum absolute atomic E-state index is 5.45. The van der Waals surface area contributed by atoms with Crippen LogP contribution in [0.3, 0.4) is 0 Å². The molecule has 5 nitrogen and oxygen atoms in total. The van der Waals surface area contributed by atoms with Gasteiger partial charge in [-0.2, -0.15) is 0 Å². The topological polar surface area (TPSA) is 43.4 Å². The summed E-state index contributed by atoms with van der Waals surface area (Å²) in [4.78, 5) is 9.45. The highest BCUT2D eigenvalue weighted by atomic mass is 32.1. The van der Waals surface area contributed by atoms with Gasteiger partial charge in [0.2, 0.25) is 0 Å². The molecule has 2 aromatic rings. The highest BCUT2D eigenvalue weighted by Crippen LogP contribution is 2.22. The second-order valence-electron chi connectivity index (χ2n) is 8.27. The third-order valence-electron chi connectivity index (χ3n) is 5.85. The van der Waals surface area contributed by atoms with E-state index in [1.807, 2.05) is 6.20 Å². The van der Waals surface area contributed by atoms with Crippen LogP contribution >= 0.6 is 12.2 Å². The summed E-state index contributed by atoms with van der Waals surface area (Å²) < 4.78 is 0. The molecule has 0 spiro atoms. The Morgan fingerprint density at radius 3 is 2.48 bits per heavy atom. The lowest BCUT2D eigenvalue weighted by molar-refractivity contribution is 0.444. The number of pyridine rings is 1. The first-order chi connectivity index (χ1) is 14.2. The second kappa shape index (κ2) is 9.44. The second-order valence-corrected chi connectivity index (χ2v) is 8.68. The van der Waals surface area contributed by atoms with E-state index < -0.39 is 0 Å². The molecule has 2 aliphatic rings. The molecular weight excluding hydrogens is 378 g/mol. The van der Waals surface area contributed by atoms with Crippen molar-refractivity contribution in [1.29, 1.82) is 0 Å². The Morgan fingerprint density at radius 1 is 1.03 bits per heavy atom. The van der Waals surface area contributed by atoms with Crippen molar-refractivity contribution in [2.75, 3.05) is 41.3 Å². The average Bonchev–Trinajstić information content (AvgIpc) is 3.28. The summed E-state index contributed by atoms with van der Waals surface area (Å²) in [5.74, 6) is 1.80. The fourth-order valence-electron chi connectivity index (χ4n) is 4.20. The molecule has 0 saturated carbocycles. The number of rotatable bonds is 5. The number of hydrogen-bond donors (Lipinski definition) is 2. The summed E-state index contributed by atoms with van der Waals surface area (Å²) >= 11 is 5.45. The fourth-order valence-corrected chi connectivity index (χ4v) is 4.39. The van der Waals surface area contributed by atoms with Crippen molar-refractivity contribution < 1.29 is 0 Å². The summed E-state index contributed by atoms with van der Waals surface area (Å²) in [5, 5.41) is 7.15. The van der Waals surface area contributed by atoms with Crippen molar-refractivity contribution in [3.8, 4) is 0 Å². The molecule has 2 aliphatic heterocycles. The van der Waals surface area contributed by atoms with Crippen LogP contribution in [-0.4, -0.2) is 36.3 Å². The van der Waals surface area contributed by atoms with E-state index in [1.165, 1.54) is 50.0 Å². The minimum atomic E-state index is 0.620. The van der Waals surface area contributed by atoms with E-state index in [9.17, 15) is 0 Å². The molecule has 6 heteroatoms. The molecule has 2 saturated heterocycles. The maximum atomic E-state index is 5.45. The molecule has 1 atom stereocenters. The van der Waals surface area contributed by atoms with E-state index in [0.717, 1.165) is 30.5 Å². The number of piperidine rings is 1. The van der Waals surface area contributed by atoms with E-state index in [1.54, 1.807) is 0 Å². The summed E-state index contributed by atoms with van der Waals surface area (Å²) in [6.45, 7) is 7.57. The fraction of sp³-hybridized carbons (Fsp3) is 0.478. The Balaban J connectivity index is 1.25. The molecule has 3 heterocycles. The van der Waals surface area contributed by atoms with Gasteiger partial charge < -0.3 is 20.4 Å². The summed E-state index contributed by atoms with van der Waals surface area (Å²) in [7, 11) is 0. The lowest BCUT2D eigenvalue weighted by Gasteiger charge is -2.31. The van der Waals surface area contributed by atoms with E-state index >= 15 is 0 Å². The van der Waals surface area contributed by atoms with Crippen LogP contribution in [0.4, 0.5) is 17.2 Å².